The van der Waals surface area contributed by atoms with Crippen LogP contribution >= 0.6 is 15.6 Å². The topological polar surface area (TPSA) is 237 Å². The number of carbonyl (C=O) groups is 4. The summed E-state index contributed by atoms with van der Waals surface area (Å²) in [5, 5.41) is 10.6. The molecule has 0 amide bonds. The summed E-state index contributed by atoms with van der Waals surface area (Å²) in [6, 6.07) is 0. The molecule has 0 aliphatic carbocycles. The van der Waals surface area contributed by atoms with E-state index in [0.29, 0.717) is 25.7 Å². The fourth-order valence-corrected chi connectivity index (χ4v) is 12.3. The molecule has 19 heteroatoms. The number of carbonyl (C=O) groups excluding carboxylic acids is 4. The van der Waals surface area contributed by atoms with Crippen LogP contribution in [-0.4, -0.2) is 96.7 Å². The second-order valence-electron chi connectivity index (χ2n) is 27.1. The monoisotopic (exact) mass is 1400 g/mol. The molecule has 96 heavy (non-hydrogen) atoms. The van der Waals surface area contributed by atoms with E-state index in [1.165, 1.54) is 135 Å². The minimum atomic E-state index is -4.97. The highest BCUT2D eigenvalue weighted by Gasteiger charge is 2.30. The maximum absolute atomic E-state index is 13.1. The van der Waals surface area contributed by atoms with Crippen molar-refractivity contribution >= 4 is 39.5 Å². The Hall–Kier alpha value is -2.98. The molecular formula is C77H142O17P2. The van der Waals surface area contributed by atoms with E-state index < -0.39 is 97.5 Å². The number of esters is 4. The van der Waals surface area contributed by atoms with Gasteiger partial charge in [-0.05, 0) is 88.9 Å². The predicted octanol–water partition coefficient (Wildman–Crippen LogP) is 21.8. The molecule has 6 atom stereocenters. The highest BCUT2D eigenvalue weighted by molar-refractivity contribution is 7.47. The first-order chi connectivity index (χ1) is 46.4. The van der Waals surface area contributed by atoms with Crippen LogP contribution in [0.2, 0.25) is 0 Å². The van der Waals surface area contributed by atoms with Gasteiger partial charge in [-0.2, -0.15) is 0 Å². The molecule has 0 saturated heterocycles. The number of unbranched alkanes of at least 4 members (excludes halogenated alkanes) is 35. The normalized spacial score (nSPS) is 14.6. The third-order valence-corrected chi connectivity index (χ3v) is 19.0. The van der Waals surface area contributed by atoms with Gasteiger partial charge in [-0.1, -0.05) is 296 Å². The van der Waals surface area contributed by atoms with Gasteiger partial charge in [-0.15, -0.1) is 0 Å². The predicted molar refractivity (Wildman–Crippen MR) is 390 cm³/mol. The molecule has 17 nitrogen and oxygen atoms in total. The molecule has 0 aliphatic heterocycles. The first kappa shape index (κ1) is 93.0. The van der Waals surface area contributed by atoms with Gasteiger partial charge in [-0.3, -0.25) is 37.3 Å². The molecule has 0 spiro atoms. The molecule has 0 bridgehead atoms. The number of aliphatic hydroxyl groups is 1. The Kier molecular flexibility index (Phi) is 65.7. The van der Waals surface area contributed by atoms with Crippen LogP contribution < -0.4 is 0 Å². The van der Waals surface area contributed by atoms with Gasteiger partial charge in [0.15, 0.2) is 12.2 Å². The van der Waals surface area contributed by atoms with Crippen LogP contribution in [0.3, 0.4) is 0 Å². The van der Waals surface area contributed by atoms with Crippen LogP contribution in [0.1, 0.15) is 350 Å². The molecule has 562 valence electrons. The summed E-state index contributed by atoms with van der Waals surface area (Å²) >= 11 is 0. The third-order valence-electron chi connectivity index (χ3n) is 17.1. The quantitative estimate of drug-likeness (QED) is 0.0169. The number of allylic oxidation sites excluding steroid dienone is 8. The van der Waals surface area contributed by atoms with Gasteiger partial charge in [0.1, 0.15) is 19.3 Å². The van der Waals surface area contributed by atoms with E-state index in [0.717, 1.165) is 134 Å². The van der Waals surface area contributed by atoms with Crippen LogP contribution in [-0.2, 0) is 65.4 Å². The highest BCUT2D eigenvalue weighted by atomic mass is 31.2. The fraction of sp³-hybridized carbons (Fsp3) is 0.844. The van der Waals surface area contributed by atoms with Gasteiger partial charge < -0.3 is 33.8 Å². The summed E-state index contributed by atoms with van der Waals surface area (Å²) in [6.45, 7) is 9.44. The van der Waals surface area contributed by atoms with Gasteiger partial charge in [0.05, 0.1) is 26.4 Å². The number of hydrogen-bond acceptors (Lipinski definition) is 15. The van der Waals surface area contributed by atoms with E-state index in [2.05, 4.69) is 90.2 Å². The van der Waals surface area contributed by atoms with E-state index in [1.807, 2.05) is 0 Å². The van der Waals surface area contributed by atoms with Gasteiger partial charge in [0.2, 0.25) is 0 Å². The Morgan fingerprint density at radius 3 is 0.927 bits per heavy atom. The standard InChI is InChI=1S/C77H142O17P2/c1-7-10-12-14-16-18-20-22-24-28-33-37-41-49-55-61-76(81)93-72(65-87-74(79)59-53-47-40-36-32-30-26-27-31-35-39-45-51-57-69(4)5)67-91-95(83,84)89-63-71(78)64-90-96(85,86)92-68-73(66-88-75(80)60-54-48-44-43-46-52-58-70(6)9-3)94-77(82)62-56-50-42-38-34-29-25-23-21-19-17-15-13-11-8-2/h18-25,69-73,78H,7-17,26-68H2,1-6H3,(H,83,84)(H,85,86)/b20-18-,21-19-,24-22-,25-23-/t70?,71-,72-,73-/m1/s1. The van der Waals surface area contributed by atoms with E-state index in [1.54, 1.807) is 0 Å². The number of hydrogen-bond donors (Lipinski definition) is 3. The summed E-state index contributed by atoms with van der Waals surface area (Å²) in [5.41, 5.74) is 0. The van der Waals surface area contributed by atoms with Crippen molar-refractivity contribution in [3.8, 4) is 0 Å². The lowest BCUT2D eigenvalue weighted by atomic mass is 10.00. The molecule has 3 N–H and O–H groups in total. The third kappa shape index (κ3) is 68.2. The van der Waals surface area contributed by atoms with E-state index >= 15 is 0 Å². The summed E-state index contributed by atoms with van der Waals surface area (Å²) in [6.07, 6.45) is 61.2. The summed E-state index contributed by atoms with van der Waals surface area (Å²) in [7, 11) is -9.94. The maximum Gasteiger partial charge on any atom is 0.472 e. The van der Waals surface area contributed by atoms with Gasteiger partial charge in [0, 0.05) is 25.7 Å². The number of ether oxygens (including phenoxy) is 4. The van der Waals surface area contributed by atoms with Gasteiger partial charge >= 0.3 is 39.5 Å². The zero-order valence-electron chi connectivity index (χ0n) is 61.6. The Morgan fingerprint density at radius 1 is 0.344 bits per heavy atom. The largest absolute Gasteiger partial charge is 0.472 e. The first-order valence-corrected chi connectivity index (χ1v) is 41.7. The van der Waals surface area contributed by atoms with E-state index in [9.17, 15) is 43.2 Å². The number of phosphoric ester groups is 2. The van der Waals surface area contributed by atoms with E-state index in [-0.39, 0.29) is 25.7 Å². The van der Waals surface area contributed by atoms with Gasteiger partial charge in [-0.25, -0.2) is 9.13 Å². The molecule has 0 aromatic carbocycles. The molecule has 0 radical (unpaired) electrons. The van der Waals surface area contributed by atoms with Crippen molar-refractivity contribution in [1.29, 1.82) is 0 Å². The van der Waals surface area contributed by atoms with Crippen molar-refractivity contribution in [1.82, 2.24) is 0 Å². The number of phosphoric acid groups is 2. The zero-order valence-corrected chi connectivity index (χ0v) is 63.4. The van der Waals surface area contributed by atoms with Crippen LogP contribution in [0.15, 0.2) is 48.6 Å². The highest BCUT2D eigenvalue weighted by Crippen LogP contribution is 2.45. The second kappa shape index (κ2) is 67.8. The SMILES string of the molecule is CCCCCC/C=C\C=C/CCCCCCCC(=O)O[C@H](COC(=O)CCCCCCCCCCCCCCCC(C)C)COP(=O)(O)OC[C@@H](O)COP(=O)(O)OC[C@@H](COC(=O)CCCCCCCCC(C)CC)OC(=O)CCCCCCC/C=C\C=C/CCCCCC. The van der Waals surface area contributed by atoms with Crippen LogP contribution in [0.4, 0.5) is 0 Å². The molecule has 0 heterocycles. The van der Waals surface area contributed by atoms with Crippen molar-refractivity contribution in [2.45, 2.75) is 368 Å². The summed E-state index contributed by atoms with van der Waals surface area (Å²) < 4.78 is 68.5. The average Bonchev–Trinajstić information content (AvgIpc) is 1.10. The van der Waals surface area contributed by atoms with Crippen molar-refractivity contribution in [3.05, 3.63) is 48.6 Å². The molecule has 0 rings (SSSR count). The first-order valence-electron chi connectivity index (χ1n) is 38.7. The molecule has 0 aromatic rings. The summed E-state index contributed by atoms with van der Waals surface area (Å²) in [5.74, 6) is -0.664. The summed E-state index contributed by atoms with van der Waals surface area (Å²) in [4.78, 5) is 72.8. The number of aliphatic hydroxyl groups excluding tert-OH is 1. The van der Waals surface area contributed by atoms with Crippen molar-refractivity contribution < 1.29 is 80.2 Å². The fourth-order valence-electron chi connectivity index (χ4n) is 10.7. The molecule has 3 unspecified atom stereocenters. The Labute approximate surface area is 585 Å². The molecule has 0 aromatic heterocycles. The van der Waals surface area contributed by atoms with E-state index in [4.69, 9.17) is 37.0 Å². The maximum atomic E-state index is 13.1. The molecule has 0 saturated carbocycles. The van der Waals surface area contributed by atoms with Gasteiger partial charge in [0.25, 0.3) is 0 Å². The lowest BCUT2D eigenvalue weighted by Gasteiger charge is -2.21. The zero-order chi connectivity index (χ0) is 70.7. The van der Waals surface area contributed by atoms with Crippen LogP contribution in [0.25, 0.3) is 0 Å². The van der Waals surface area contributed by atoms with Crippen molar-refractivity contribution in [2.24, 2.45) is 11.8 Å². The second-order valence-corrected chi connectivity index (χ2v) is 30.0. The molecular weight excluding hydrogens is 1260 g/mol. The minimum Gasteiger partial charge on any atom is -0.462 e. The lowest BCUT2D eigenvalue weighted by Crippen LogP contribution is -2.30. The van der Waals surface area contributed by atoms with Crippen molar-refractivity contribution in [3.63, 3.8) is 0 Å². The smallest absolute Gasteiger partial charge is 0.462 e. The molecule has 0 fully saturated rings. The average molecular weight is 1400 g/mol. The molecule has 0 aliphatic rings. The van der Waals surface area contributed by atoms with Crippen LogP contribution in [0, 0.1) is 11.8 Å². The Bertz CT molecular complexity index is 2050. The van der Waals surface area contributed by atoms with Crippen molar-refractivity contribution in [2.75, 3.05) is 39.6 Å². The Balaban J connectivity index is 5.32. The van der Waals surface area contributed by atoms with Crippen LogP contribution in [0.5, 0.6) is 0 Å². The Morgan fingerprint density at radius 2 is 0.615 bits per heavy atom. The number of rotatable bonds is 72. The minimum absolute atomic E-state index is 0.0815. The lowest BCUT2D eigenvalue weighted by molar-refractivity contribution is -0.161.